The molecule has 4 rings (SSSR count). The minimum Gasteiger partial charge on any atom is -0.356 e. The molecule has 316 valence electrons. The van der Waals surface area contributed by atoms with Gasteiger partial charge in [-0.2, -0.15) is 20.8 Å². The molecule has 2 unspecified atom stereocenters. The van der Waals surface area contributed by atoms with Gasteiger partial charge in [-0.05, 0) is 93.0 Å². The number of benzene rings is 4. The van der Waals surface area contributed by atoms with E-state index in [1.807, 2.05) is 118 Å². The summed E-state index contributed by atoms with van der Waals surface area (Å²) in [6.45, 7) is 13.8. The lowest BCUT2D eigenvalue weighted by molar-refractivity contribution is -0.123. The van der Waals surface area contributed by atoms with Crippen molar-refractivity contribution in [3.8, 4) is 12.1 Å². The van der Waals surface area contributed by atoms with E-state index in [-0.39, 0.29) is 75.2 Å². The molecular formula is C49H56N8O4. The summed E-state index contributed by atoms with van der Waals surface area (Å²) in [5.41, 5.74) is 4.61. The van der Waals surface area contributed by atoms with Gasteiger partial charge in [-0.3, -0.25) is 19.2 Å². The zero-order chi connectivity index (χ0) is 44.4. The Bertz CT molecular complexity index is 2310. The number of aryl methyl sites for hydroxylation is 3. The van der Waals surface area contributed by atoms with E-state index in [4.69, 9.17) is 0 Å². The maximum absolute atomic E-state index is 13.6. The number of carbonyl (C=O) groups excluding carboxylic acids is 4. The van der Waals surface area contributed by atoms with E-state index in [0.717, 1.165) is 44.8 Å². The highest BCUT2D eigenvalue weighted by Gasteiger charge is 2.30. The van der Waals surface area contributed by atoms with Crippen molar-refractivity contribution in [2.24, 2.45) is 10.2 Å². The molecule has 4 aromatic carbocycles. The molecule has 0 fully saturated rings. The number of nitriles is 2. The first-order valence-electron chi connectivity index (χ1n) is 20.5. The lowest BCUT2D eigenvalue weighted by Crippen LogP contribution is -2.35. The monoisotopic (exact) mass is 820 g/mol. The Morgan fingerprint density at radius 1 is 0.607 bits per heavy atom. The van der Waals surface area contributed by atoms with Gasteiger partial charge in [0, 0.05) is 50.1 Å². The highest BCUT2D eigenvalue weighted by molar-refractivity contribution is 5.95. The van der Waals surface area contributed by atoms with Crippen LogP contribution < -0.4 is 20.4 Å². The molecule has 2 N–H and O–H groups in total. The molecule has 12 nitrogen and oxygen atoms in total. The summed E-state index contributed by atoms with van der Waals surface area (Å²) in [5, 5.41) is 33.9. The van der Waals surface area contributed by atoms with Gasteiger partial charge in [0.25, 0.3) is 0 Å². The summed E-state index contributed by atoms with van der Waals surface area (Å²) in [5.74, 6) is -1.02. The van der Waals surface area contributed by atoms with Crippen LogP contribution in [0.25, 0.3) is 6.08 Å². The molecule has 0 bridgehead atoms. The predicted molar refractivity (Wildman–Crippen MR) is 239 cm³/mol. The van der Waals surface area contributed by atoms with Crippen molar-refractivity contribution in [1.29, 1.82) is 10.5 Å². The van der Waals surface area contributed by atoms with Gasteiger partial charge in [0.2, 0.25) is 23.6 Å². The minimum atomic E-state index is -1.42. The molecule has 0 radical (unpaired) electrons. The van der Waals surface area contributed by atoms with Gasteiger partial charge >= 0.3 is 0 Å². The van der Waals surface area contributed by atoms with Gasteiger partial charge in [-0.1, -0.05) is 97.6 Å². The zero-order valence-corrected chi connectivity index (χ0v) is 35.9. The van der Waals surface area contributed by atoms with Crippen molar-refractivity contribution in [2.75, 3.05) is 22.9 Å². The van der Waals surface area contributed by atoms with Crippen LogP contribution in [0.2, 0.25) is 0 Å². The molecule has 0 aliphatic heterocycles. The second-order valence-electron chi connectivity index (χ2n) is 15.5. The van der Waals surface area contributed by atoms with Crippen LogP contribution in [0.5, 0.6) is 0 Å². The average molecular weight is 821 g/mol. The highest BCUT2D eigenvalue weighted by Crippen LogP contribution is 2.27. The van der Waals surface area contributed by atoms with Crippen LogP contribution in [-0.4, -0.2) is 47.8 Å². The van der Waals surface area contributed by atoms with Crippen LogP contribution in [0.4, 0.5) is 11.4 Å². The summed E-state index contributed by atoms with van der Waals surface area (Å²) < 4.78 is 0. The summed E-state index contributed by atoms with van der Waals surface area (Å²) >= 11 is 0. The Morgan fingerprint density at radius 3 is 1.43 bits per heavy atom. The zero-order valence-electron chi connectivity index (χ0n) is 35.9. The Morgan fingerprint density at radius 2 is 1.00 bits per heavy atom. The molecule has 0 heterocycles. The molecule has 0 aromatic heterocycles. The number of hydrogen-bond donors (Lipinski definition) is 2. The molecule has 12 heteroatoms. The number of rotatable bonds is 21. The molecule has 0 saturated heterocycles. The number of hydrogen-bond acceptors (Lipinski definition) is 8. The SMILES string of the molecule is C=Cc1ccccc1CN(C(=O)CCNC(=O)CCC(C)(C#N)/N=N/C(C)(C#N)CCC(=O)NCCC(=O)N(Cc1ccccc1C)c1ccccc1C)c1ccccc1C. The van der Waals surface area contributed by atoms with E-state index < -0.39 is 11.1 Å². The standard InChI is InChI=1S/C49H56N8O4/c1-7-39-19-12-13-21-41(39)33-57(43-23-15-10-18-38(43)4)47(61)27-31-53-45(59)25-29-49(6,35-51)55-54-48(5,34-50)28-24-44(58)52-30-26-46(60)56(42-22-14-9-17-37(42)3)32-40-20-11-8-16-36(40)2/h7-23H,1,24-33H2,2-6H3,(H,52,58)(H,53,59)/b55-54+. The molecule has 61 heavy (non-hydrogen) atoms. The van der Waals surface area contributed by atoms with E-state index in [9.17, 15) is 29.7 Å². The lowest BCUT2D eigenvalue weighted by Gasteiger charge is -2.26. The summed E-state index contributed by atoms with van der Waals surface area (Å²) in [7, 11) is 0. The summed E-state index contributed by atoms with van der Waals surface area (Å²) in [6.07, 6.45) is 1.78. The van der Waals surface area contributed by atoms with Gasteiger partial charge in [0.05, 0.1) is 25.2 Å². The van der Waals surface area contributed by atoms with Crippen LogP contribution in [0.15, 0.2) is 114 Å². The molecular weight excluding hydrogens is 765 g/mol. The van der Waals surface area contributed by atoms with Gasteiger partial charge in [0.15, 0.2) is 11.1 Å². The maximum Gasteiger partial charge on any atom is 0.229 e. The number of para-hydroxylation sites is 2. The van der Waals surface area contributed by atoms with Crippen LogP contribution in [0.3, 0.4) is 0 Å². The highest BCUT2D eigenvalue weighted by atomic mass is 16.2. The first kappa shape index (κ1) is 46.8. The lowest BCUT2D eigenvalue weighted by atomic mass is 9.97. The Hall–Kier alpha value is -6.92. The van der Waals surface area contributed by atoms with Crippen molar-refractivity contribution in [2.45, 2.75) is 97.3 Å². The van der Waals surface area contributed by atoms with Crippen molar-refractivity contribution < 1.29 is 19.2 Å². The normalized spacial score (nSPS) is 12.8. The van der Waals surface area contributed by atoms with Gasteiger partial charge in [0.1, 0.15) is 0 Å². The van der Waals surface area contributed by atoms with Crippen molar-refractivity contribution in [3.63, 3.8) is 0 Å². The number of carbonyl (C=O) groups is 4. The third-order valence-electron chi connectivity index (χ3n) is 10.6. The Balaban J connectivity index is 1.26. The summed E-state index contributed by atoms with van der Waals surface area (Å²) in [4.78, 5) is 56.3. The largest absolute Gasteiger partial charge is 0.356 e. The third-order valence-corrected chi connectivity index (χ3v) is 10.6. The average Bonchev–Trinajstić information content (AvgIpc) is 3.26. The van der Waals surface area contributed by atoms with Gasteiger partial charge < -0.3 is 20.4 Å². The van der Waals surface area contributed by atoms with Crippen molar-refractivity contribution in [3.05, 3.63) is 137 Å². The van der Waals surface area contributed by atoms with Gasteiger partial charge in [-0.25, -0.2) is 0 Å². The topological polar surface area (TPSA) is 171 Å². The molecule has 0 saturated carbocycles. The third kappa shape index (κ3) is 13.8. The van der Waals surface area contributed by atoms with Crippen molar-refractivity contribution in [1.82, 2.24) is 10.6 Å². The fourth-order valence-corrected chi connectivity index (χ4v) is 6.61. The molecule has 2 atom stereocenters. The molecule has 0 aliphatic rings. The fraction of sp³-hybridized carbons (Fsp3) is 0.347. The fourth-order valence-electron chi connectivity index (χ4n) is 6.61. The van der Waals surface area contributed by atoms with Crippen LogP contribution in [-0.2, 0) is 32.3 Å². The molecule has 4 amide bonds. The van der Waals surface area contributed by atoms with E-state index in [1.54, 1.807) is 15.9 Å². The minimum absolute atomic E-state index is 0.0137. The number of anilines is 2. The predicted octanol–water partition coefficient (Wildman–Crippen LogP) is 8.61. The van der Waals surface area contributed by atoms with E-state index in [0.29, 0.717) is 13.1 Å². The van der Waals surface area contributed by atoms with Crippen LogP contribution in [0.1, 0.15) is 85.8 Å². The number of azo groups is 1. The quantitative estimate of drug-likeness (QED) is 0.0797. The second-order valence-corrected chi connectivity index (χ2v) is 15.5. The first-order chi connectivity index (χ1) is 29.2. The van der Waals surface area contributed by atoms with Crippen LogP contribution in [0, 0.1) is 43.4 Å². The maximum atomic E-state index is 13.6. The van der Waals surface area contributed by atoms with Crippen molar-refractivity contribution >= 4 is 41.1 Å². The smallest absolute Gasteiger partial charge is 0.229 e. The second kappa shape index (κ2) is 22.5. The number of nitrogens with zero attached hydrogens (tertiary/aromatic N) is 6. The van der Waals surface area contributed by atoms with E-state index in [2.05, 4.69) is 39.6 Å². The number of nitrogens with one attached hydrogen (secondary N) is 2. The Kier molecular flexibility index (Phi) is 17.2. The number of amides is 4. The van der Waals surface area contributed by atoms with Gasteiger partial charge in [-0.15, -0.1) is 0 Å². The molecule has 4 aromatic rings. The molecule has 0 aliphatic carbocycles. The summed E-state index contributed by atoms with van der Waals surface area (Å²) in [6, 6.07) is 35.1. The molecule has 0 spiro atoms. The van der Waals surface area contributed by atoms with E-state index in [1.165, 1.54) is 13.8 Å². The van der Waals surface area contributed by atoms with E-state index >= 15 is 0 Å². The van der Waals surface area contributed by atoms with Crippen LogP contribution >= 0.6 is 0 Å². The Labute approximate surface area is 360 Å². The first-order valence-corrected chi connectivity index (χ1v) is 20.5.